The summed E-state index contributed by atoms with van der Waals surface area (Å²) < 4.78 is 50.0. The normalized spacial score (nSPS) is 11.8. The van der Waals surface area contributed by atoms with E-state index in [-0.39, 0.29) is 18.1 Å². The van der Waals surface area contributed by atoms with E-state index in [0.29, 0.717) is 18.5 Å². The van der Waals surface area contributed by atoms with E-state index >= 15 is 0 Å². The molecule has 1 aromatic carbocycles. The fourth-order valence-electron chi connectivity index (χ4n) is 1.81. The highest BCUT2D eigenvalue weighted by Gasteiger charge is 2.14. The van der Waals surface area contributed by atoms with Crippen molar-refractivity contribution in [3.63, 3.8) is 0 Å². The van der Waals surface area contributed by atoms with Crippen LogP contribution < -0.4 is 14.6 Å². The van der Waals surface area contributed by atoms with Crippen molar-refractivity contribution in [2.45, 2.75) is 19.8 Å². The van der Waals surface area contributed by atoms with Gasteiger partial charge in [0.2, 0.25) is 15.9 Å². The molecule has 0 aliphatic rings. The van der Waals surface area contributed by atoms with Crippen LogP contribution >= 0.6 is 0 Å². The van der Waals surface area contributed by atoms with Gasteiger partial charge in [-0.2, -0.15) is 8.42 Å². The molecule has 25 heavy (non-hydrogen) atoms. The van der Waals surface area contributed by atoms with Crippen molar-refractivity contribution in [1.29, 1.82) is 0 Å². The minimum absolute atomic E-state index is 0.130. The Kier molecular flexibility index (Phi) is 7.59. The topological polar surface area (TPSA) is 133 Å². The molecule has 0 aromatic heterocycles. The Morgan fingerprint density at radius 1 is 1.16 bits per heavy atom. The Morgan fingerprint density at radius 2 is 1.76 bits per heavy atom. The third-order valence-corrected chi connectivity index (χ3v) is 5.15. The van der Waals surface area contributed by atoms with Gasteiger partial charge in [0.1, 0.15) is 5.75 Å². The number of nitrogens with two attached hydrogens (primary N) is 1. The van der Waals surface area contributed by atoms with Gasteiger partial charge in [-0.1, -0.05) is 18.7 Å². The van der Waals surface area contributed by atoms with Crippen molar-refractivity contribution in [3.8, 4) is 5.75 Å². The van der Waals surface area contributed by atoms with Crippen LogP contribution in [0.3, 0.4) is 0 Å². The van der Waals surface area contributed by atoms with Gasteiger partial charge in [-0.05, 0) is 37.5 Å². The summed E-state index contributed by atoms with van der Waals surface area (Å²) in [6.07, 6.45) is 0.433. The van der Waals surface area contributed by atoms with Gasteiger partial charge in [-0.15, -0.1) is 0 Å². The lowest BCUT2D eigenvalue weighted by Crippen LogP contribution is -2.25. The number of hydrogen-bond donors (Lipinski definition) is 2. The average molecular weight is 390 g/mol. The highest BCUT2D eigenvalue weighted by Crippen LogP contribution is 2.15. The quantitative estimate of drug-likeness (QED) is 0.436. The van der Waals surface area contributed by atoms with Gasteiger partial charge in [0.05, 0.1) is 11.5 Å². The Hall–Kier alpha value is -1.91. The maximum atomic E-state index is 11.8. The predicted molar refractivity (Wildman–Crippen MR) is 95.0 cm³/mol. The molecule has 8 nitrogen and oxygen atoms in total. The van der Waals surface area contributed by atoms with Crippen molar-refractivity contribution in [1.82, 2.24) is 5.32 Å². The Bertz CT molecular complexity index is 814. The number of rotatable bonds is 10. The van der Waals surface area contributed by atoms with E-state index < -0.39 is 31.6 Å². The lowest BCUT2D eigenvalue weighted by molar-refractivity contribution is -0.117. The smallest absolute Gasteiger partial charge is 0.309 e. The highest BCUT2D eigenvalue weighted by atomic mass is 32.2. The van der Waals surface area contributed by atoms with Crippen LogP contribution in [0.4, 0.5) is 0 Å². The van der Waals surface area contributed by atoms with E-state index in [1.807, 2.05) is 0 Å². The van der Waals surface area contributed by atoms with Gasteiger partial charge >= 0.3 is 10.1 Å². The molecule has 0 unspecified atom stereocenters. The Morgan fingerprint density at radius 3 is 2.28 bits per heavy atom. The van der Waals surface area contributed by atoms with E-state index in [1.165, 1.54) is 12.1 Å². The molecule has 140 valence electrons. The molecule has 0 saturated carbocycles. The number of benzene rings is 1. The number of primary sulfonamides is 1. The number of nitrogens with one attached hydrogen (secondary N) is 1. The first-order chi connectivity index (χ1) is 11.5. The maximum Gasteiger partial charge on any atom is 0.309 e. The number of carbonyl (C=O) groups excluding carboxylic acids is 1. The molecule has 0 heterocycles. The Labute approximate surface area is 148 Å². The lowest BCUT2D eigenvalue weighted by atomic mass is 10.1. The second kappa shape index (κ2) is 8.97. The van der Waals surface area contributed by atoms with Crippen LogP contribution in [0.1, 0.15) is 18.9 Å². The van der Waals surface area contributed by atoms with Crippen LogP contribution in [-0.2, 0) is 31.4 Å². The molecule has 0 radical (unpaired) electrons. The third-order valence-electron chi connectivity index (χ3n) is 3.06. The zero-order valence-corrected chi connectivity index (χ0v) is 15.5. The van der Waals surface area contributed by atoms with Crippen molar-refractivity contribution in [3.05, 3.63) is 42.0 Å². The van der Waals surface area contributed by atoms with Crippen LogP contribution in [0.5, 0.6) is 5.75 Å². The molecular formula is C15H22N2O6S2. The molecule has 0 saturated heterocycles. The molecule has 0 fully saturated rings. The molecule has 0 aliphatic carbocycles. The maximum absolute atomic E-state index is 11.8. The molecule has 1 amide bonds. The number of amides is 1. The van der Waals surface area contributed by atoms with Gasteiger partial charge in [0, 0.05) is 12.1 Å². The largest absolute Gasteiger partial charge is 0.382 e. The minimum Gasteiger partial charge on any atom is -0.382 e. The van der Waals surface area contributed by atoms with E-state index in [4.69, 9.17) is 9.32 Å². The van der Waals surface area contributed by atoms with E-state index in [2.05, 4.69) is 11.9 Å². The first-order valence-electron chi connectivity index (χ1n) is 7.44. The molecule has 0 bridgehead atoms. The zero-order chi connectivity index (χ0) is 19.1. The molecule has 0 atom stereocenters. The van der Waals surface area contributed by atoms with Gasteiger partial charge < -0.3 is 9.50 Å². The van der Waals surface area contributed by atoms with E-state index in [1.54, 1.807) is 19.1 Å². The van der Waals surface area contributed by atoms with Gasteiger partial charge in [0.25, 0.3) is 0 Å². The number of hydrogen-bond acceptors (Lipinski definition) is 6. The van der Waals surface area contributed by atoms with Gasteiger partial charge in [0.15, 0.2) is 0 Å². The summed E-state index contributed by atoms with van der Waals surface area (Å²) in [6, 6.07) is 6.35. The van der Waals surface area contributed by atoms with Crippen LogP contribution in [0.15, 0.2) is 36.4 Å². The molecule has 10 heteroatoms. The molecular weight excluding hydrogens is 368 g/mol. The van der Waals surface area contributed by atoms with Crippen molar-refractivity contribution in [2.24, 2.45) is 5.14 Å². The summed E-state index contributed by atoms with van der Waals surface area (Å²) in [6.45, 7) is 5.58. The highest BCUT2D eigenvalue weighted by molar-refractivity contribution is 7.89. The lowest BCUT2D eigenvalue weighted by Gasteiger charge is -2.08. The summed E-state index contributed by atoms with van der Waals surface area (Å²) in [5.41, 5.74) is 1.32. The Balaban J connectivity index is 2.50. The van der Waals surface area contributed by atoms with Crippen molar-refractivity contribution in [2.75, 3.05) is 18.1 Å². The van der Waals surface area contributed by atoms with E-state index in [0.717, 1.165) is 5.56 Å². The molecule has 1 aromatic rings. The van der Waals surface area contributed by atoms with Crippen LogP contribution in [0.25, 0.3) is 0 Å². The number of carbonyl (C=O) groups is 1. The standard InChI is InChI=1S/C15H22N2O6S2/c1-12(2)15(18)17-9-8-13-4-6-14(7-5-13)23-25(21,22)11-3-10-24(16,19)20/h4-7H,1,3,8-11H2,2H3,(H,17,18)(H2,16,19,20). The van der Waals surface area contributed by atoms with Gasteiger partial charge in [-0.3, -0.25) is 4.79 Å². The molecule has 0 aliphatic heterocycles. The monoisotopic (exact) mass is 390 g/mol. The second-order valence-corrected chi connectivity index (χ2v) is 8.92. The molecule has 1 rings (SSSR count). The summed E-state index contributed by atoms with van der Waals surface area (Å²) in [4.78, 5) is 11.3. The van der Waals surface area contributed by atoms with Crippen LogP contribution in [0.2, 0.25) is 0 Å². The van der Waals surface area contributed by atoms with Crippen LogP contribution in [-0.4, -0.2) is 40.8 Å². The first kappa shape index (κ1) is 21.1. The van der Waals surface area contributed by atoms with E-state index in [9.17, 15) is 21.6 Å². The summed E-state index contributed by atoms with van der Waals surface area (Å²) in [5.74, 6) is -0.960. The predicted octanol–water partition coefficient (Wildman–Crippen LogP) is 0.309. The SMILES string of the molecule is C=C(C)C(=O)NCCc1ccc(OS(=O)(=O)CCCS(N)(=O)=O)cc1. The summed E-state index contributed by atoms with van der Waals surface area (Å²) >= 11 is 0. The van der Waals surface area contributed by atoms with Crippen molar-refractivity contribution < 1.29 is 25.8 Å². The minimum atomic E-state index is -3.89. The molecule has 0 spiro atoms. The number of sulfonamides is 1. The second-order valence-electron chi connectivity index (χ2n) is 5.50. The fourth-order valence-corrected chi connectivity index (χ4v) is 3.52. The summed E-state index contributed by atoms with van der Waals surface area (Å²) in [5, 5.41) is 7.51. The summed E-state index contributed by atoms with van der Waals surface area (Å²) in [7, 11) is -7.60. The van der Waals surface area contributed by atoms with Crippen LogP contribution in [0, 0.1) is 0 Å². The fraction of sp³-hybridized carbons (Fsp3) is 0.400. The average Bonchev–Trinajstić information content (AvgIpc) is 2.46. The molecule has 3 N–H and O–H groups in total. The van der Waals surface area contributed by atoms with Gasteiger partial charge in [-0.25, -0.2) is 13.6 Å². The third kappa shape index (κ3) is 9.22. The zero-order valence-electron chi connectivity index (χ0n) is 13.9. The van der Waals surface area contributed by atoms with Crippen molar-refractivity contribution >= 4 is 26.0 Å². The first-order valence-corrected chi connectivity index (χ1v) is 10.7.